The van der Waals surface area contributed by atoms with Gasteiger partial charge in [0.05, 0.1) is 11.9 Å². The Balaban J connectivity index is 1.13. The minimum absolute atomic E-state index is 0.0413. The molecular formula is C22H26N6OS. The van der Waals surface area contributed by atoms with Gasteiger partial charge < -0.3 is 15.1 Å². The van der Waals surface area contributed by atoms with E-state index in [2.05, 4.69) is 53.6 Å². The van der Waals surface area contributed by atoms with Crippen molar-refractivity contribution in [1.29, 1.82) is 0 Å². The van der Waals surface area contributed by atoms with Gasteiger partial charge in [0.15, 0.2) is 0 Å². The van der Waals surface area contributed by atoms with Crippen LogP contribution in [-0.2, 0) is 4.79 Å². The van der Waals surface area contributed by atoms with Crippen molar-refractivity contribution in [3.63, 3.8) is 0 Å². The quantitative estimate of drug-likeness (QED) is 0.682. The number of aromatic nitrogens is 2. The number of hydrogen-bond donors (Lipinski definition) is 1. The summed E-state index contributed by atoms with van der Waals surface area (Å²) in [4.78, 5) is 29.3. The molecule has 0 saturated carbocycles. The summed E-state index contributed by atoms with van der Waals surface area (Å²) in [5.41, 5.74) is 2.11. The number of carbonyl (C=O) groups is 1. The van der Waals surface area contributed by atoms with Gasteiger partial charge in [-0.3, -0.25) is 9.69 Å². The highest BCUT2D eigenvalue weighted by Crippen LogP contribution is 2.27. The molecule has 8 heteroatoms. The molecule has 30 heavy (non-hydrogen) atoms. The number of anilines is 3. The van der Waals surface area contributed by atoms with Crippen LogP contribution in [0.25, 0.3) is 10.2 Å². The monoisotopic (exact) mass is 422 g/mol. The summed E-state index contributed by atoms with van der Waals surface area (Å²) in [5.74, 6) is 1.04. The van der Waals surface area contributed by atoms with Crippen LogP contribution in [0.15, 0.2) is 42.0 Å². The van der Waals surface area contributed by atoms with Gasteiger partial charge in [-0.2, -0.15) is 0 Å². The number of fused-ring (bicyclic) bond motifs is 1. The van der Waals surface area contributed by atoms with Crippen molar-refractivity contribution in [3.05, 3.63) is 42.0 Å². The Labute approximate surface area is 180 Å². The fourth-order valence-corrected chi connectivity index (χ4v) is 5.01. The zero-order valence-electron chi connectivity index (χ0n) is 17.0. The van der Waals surface area contributed by atoms with Crippen LogP contribution >= 0.6 is 11.3 Å². The minimum Gasteiger partial charge on any atom is -0.372 e. The first-order valence-corrected chi connectivity index (χ1v) is 11.4. The van der Waals surface area contributed by atoms with Crippen LogP contribution in [0, 0.1) is 0 Å². The van der Waals surface area contributed by atoms with Crippen LogP contribution in [0.1, 0.15) is 12.8 Å². The number of carbonyl (C=O) groups excluding carboxylic acids is 1. The first-order chi connectivity index (χ1) is 14.8. The summed E-state index contributed by atoms with van der Waals surface area (Å²) in [6.45, 7) is 6.09. The summed E-state index contributed by atoms with van der Waals surface area (Å²) < 4.78 is 0. The third-order valence-electron chi connectivity index (χ3n) is 5.90. The van der Waals surface area contributed by atoms with E-state index in [-0.39, 0.29) is 5.91 Å². The lowest BCUT2D eigenvalue weighted by atomic mass is 10.2. The molecule has 1 N–H and O–H groups in total. The third kappa shape index (κ3) is 4.11. The maximum atomic E-state index is 12.5. The standard InChI is InChI=1S/C22H26N6OS/c29-20(25-17-3-5-18(6-4-17)27-8-1-2-9-27)15-26-10-12-28(13-11-26)21-19-7-14-30-22(19)24-16-23-21/h3-7,14,16H,1-2,8-13,15H2,(H,25,29). The molecule has 7 nitrogen and oxygen atoms in total. The number of rotatable bonds is 5. The van der Waals surface area contributed by atoms with Crippen molar-refractivity contribution in [2.24, 2.45) is 0 Å². The smallest absolute Gasteiger partial charge is 0.238 e. The number of benzene rings is 1. The van der Waals surface area contributed by atoms with E-state index in [0.717, 1.165) is 61.0 Å². The van der Waals surface area contributed by atoms with Gasteiger partial charge in [0, 0.05) is 50.6 Å². The Hall–Kier alpha value is -2.71. The van der Waals surface area contributed by atoms with Crippen LogP contribution in [0.2, 0.25) is 0 Å². The number of nitrogens with one attached hydrogen (secondary N) is 1. The number of amides is 1. The fraction of sp³-hybridized carbons (Fsp3) is 0.409. The van der Waals surface area contributed by atoms with E-state index in [4.69, 9.17) is 0 Å². The second kappa shape index (κ2) is 8.57. The van der Waals surface area contributed by atoms with Crippen molar-refractivity contribution in [2.45, 2.75) is 12.8 Å². The maximum absolute atomic E-state index is 12.5. The van der Waals surface area contributed by atoms with E-state index < -0.39 is 0 Å². The summed E-state index contributed by atoms with van der Waals surface area (Å²) in [5, 5.41) is 6.21. The highest BCUT2D eigenvalue weighted by molar-refractivity contribution is 7.16. The highest BCUT2D eigenvalue weighted by Gasteiger charge is 2.22. The summed E-state index contributed by atoms with van der Waals surface area (Å²) in [6.07, 6.45) is 4.17. The first-order valence-electron chi connectivity index (χ1n) is 10.6. The molecule has 2 fully saturated rings. The summed E-state index contributed by atoms with van der Waals surface area (Å²) >= 11 is 1.64. The Morgan fingerprint density at radius 3 is 2.47 bits per heavy atom. The van der Waals surface area contributed by atoms with Gasteiger partial charge in [0.25, 0.3) is 0 Å². The minimum atomic E-state index is 0.0413. The second-order valence-corrected chi connectivity index (χ2v) is 8.78. The normalized spacial score (nSPS) is 17.6. The molecule has 0 spiro atoms. The molecule has 2 aromatic heterocycles. The van der Waals surface area contributed by atoms with Crippen LogP contribution in [0.3, 0.4) is 0 Å². The Bertz CT molecular complexity index is 1010. The molecule has 0 atom stereocenters. The molecule has 0 aliphatic carbocycles. The molecule has 0 bridgehead atoms. The van der Waals surface area contributed by atoms with E-state index in [1.807, 2.05) is 12.1 Å². The lowest BCUT2D eigenvalue weighted by Gasteiger charge is -2.35. The molecule has 5 rings (SSSR count). The van der Waals surface area contributed by atoms with E-state index >= 15 is 0 Å². The number of nitrogens with zero attached hydrogens (tertiary/aromatic N) is 5. The predicted molar refractivity (Wildman–Crippen MR) is 123 cm³/mol. The van der Waals surface area contributed by atoms with Gasteiger partial charge in [-0.25, -0.2) is 9.97 Å². The highest BCUT2D eigenvalue weighted by atomic mass is 32.1. The van der Waals surface area contributed by atoms with Crippen molar-refractivity contribution in [1.82, 2.24) is 14.9 Å². The summed E-state index contributed by atoms with van der Waals surface area (Å²) in [6, 6.07) is 10.3. The molecule has 156 valence electrons. The van der Waals surface area contributed by atoms with Gasteiger partial charge in [0.2, 0.25) is 5.91 Å². The van der Waals surface area contributed by atoms with Gasteiger partial charge >= 0.3 is 0 Å². The zero-order chi connectivity index (χ0) is 20.3. The molecule has 1 aromatic carbocycles. The van der Waals surface area contributed by atoms with Crippen LogP contribution in [0.5, 0.6) is 0 Å². The van der Waals surface area contributed by atoms with Crippen LogP contribution in [-0.4, -0.2) is 66.6 Å². The van der Waals surface area contributed by atoms with Crippen molar-refractivity contribution < 1.29 is 4.79 Å². The van der Waals surface area contributed by atoms with Gasteiger partial charge in [-0.1, -0.05) is 0 Å². The van der Waals surface area contributed by atoms with Gasteiger partial charge in [-0.15, -0.1) is 11.3 Å². The van der Waals surface area contributed by atoms with Crippen molar-refractivity contribution >= 4 is 44.7 Å². The number of thiophene rings is 1. The Morgan fingerprint density at radius 2 is 1.70 bits per heavy atom. The third-order valence-corrected chi connectivity index (χ3v) is 6.72. The fourth-order valence-electron chi connectivity index (χ4n) is 4.28. The predicted octanol–water partition coefficient (Wildman–Crippen LogP) is 3.05. The molecular weight excluding hydrogens is 396 g/mol. The van der Waals surface area contributed by atoms with Gasteiger partial charge in [-0.05, 0) is 48.6 Å². The van der Waals surface area contributed by atoms with E-state index in [1.54, 1.807) is 17.7 Å². The Morgan fingerprint density at radius 1 is 0.933 bits per heavy atom. The second-order valence-electron chi connectivity index (χ2n) is 7.89. The van der Waals surface area contributed by atoms with E-state index in [9.17, 15) is 4.79 Å². The van der Waals surface area contributed by atoms with Crippen molar-refractivity contribution in [2.75, 3.05) is 60.9 Å². The molecule has 0 radical (unpaired) electrons. The topological polar surface area (TPSA) is 64.6 Å². The number of piperazine rings is 1. The van der Waals surface area contributed by atoms with E-state index in [1.165, 1.54) is 18.5 Å². The van der Waals surface area contributed by atoms with Crippen LogP contribution in [0.4, 0.5) is 17.2 Å². The van der Waals surface area contributed by atoms with E-state index in [0.29, 0.717) is 6.54 Å². The zero-order valence-corrected chi connectivity index (χ0v) is 17.8. The molecule has 3 aromatic rings. The lowest BCUT2D eigenvalue weighted by molar-refractivity contribution is -0.117. The molecule has 2 saturated heterocycles. The molecule has 4 heterocycles. The summed E-state index contributed by atoms with van der Waals surface area (Å²) in [7, 11) is 0. The maximum Gasteiger partial charge on any atom is 0.238 e. The average Bonchev–Trinajstić information content (AvgIpc) is 3.47. The molecule has 2 aliphatic heterocycles. The number of hydrogen-bond acceptors (Lipinski definition) is 7. The first kappa shape index (κ1) is 19.3. The van der Waals surface area contributed by atoms with Crippen LogP contribution < -0.4 is 15.1 Å². The van der Waals surface area contributed by atoms with Gasteiger partial charge in [0.1, 0.15) is 17.0 Å². The lowest BCUT2D eigenvalue weighted by Crippen LogP contribution is -2.49. The Kier molecular flexibility index (Phi) is 5.50. The average molecular weight is 423 g/mol. The molecule has 1 amide bonds. The molecule has 2 aliphatic rings. The SMILES string of the molecule is O=C(CN1CCN(c2ncnc3sccc23)CC1)Nc1ccc(N2CCCC2)cc1. The molecule has 0 unspecified atom stereocenters. The van der Waals surface area contributed by atoms with Crippen molar-refractivity contribution in [3.8, 4) is 0 Å². The largest absolute Gasteiger partial charge is 0.372 e.